The highest BCUT2D eigenvalue weighted by Gasteiger charge is 2.24. The number of hydrogen-bond donors (Lipinski definition) is 1. The number of aromatic amines is 1. The third kappa shape index (κ3) is 4.12. The van der Waals surface area contributed by atoms with Crippen LogP contribution in [0.4, 0.5) is 5.69 Å². The van der Waals surface area contributed by atoms with E-state index in [0.29, 0.717) is 23.5 Å². The van der Waals surface area contributed by atoms with E-state index in [1.807, 2.05) is 41.8 Å². The Balaban J connectivity index is 1.74. The van der Waals surface area contributed by atoms with Crippen molar-refractivity contribution in [2.24, 2.45) is 0 Å². The lowest BCUT2D eigenvalue weighted by Gasteiger charge is -2.22. The van der Waals surface area contributed by atoms with E-state index in [2.05, 4.69) is 23.2 Å². The molecule has 0 saturated heterocycles. The SMILES string of the molecule is CCCn1c(SCC(=O)N2CC[C@@H](C)Sc3ccccc32)n[nH]c1=O. The first-order chi connectivity index (χ1) is 12.1. The fourth-order valence-electron chi connectivity index (χ4n) is 2.78. The predicted octanol–water partition coefficient (Wildman–Crippen LogP) is 2.99. The summed E-state index contributed by atoms with van der Waals surface area (Å²) in [6.45, 7) is 5.52. The van der Waals surface area contributed by atoms with Crippen LogP contribution in [-0.4, -0.2) is 38.2 Å². The van der Waals surface area contributed by atoms with Gasteiger partial charge in [0, 0.05) is 23.2 Å². The maximum absolute atomic E-state index is 12.8. The molecule has 1 aliphatic heterocycles. The molecule has 134 valence electrons. The van der Waals surface area contributed by atoms with Crippen LogP contribution < -0.4 is 10.6 Å². The van der Waals surface area contributed by atoms with Gasteiger partial charge in [-0.3, -0.25) is 9.36 Å². The number of thioether (sulfide) groups is 2. The van der Waals surface area contributed by atoms with E-state index in [1.54, 1.807) is 4.57 Å². The van der Waals surface area contributed by atoms with Gasteiger partial charge in [-0.25, -0.2) is 9.89 Å². The summed E-state index contributed by atoms with van der Waals surface area (Å²) in [7, 11) is 0. The Morgan fingerprint density at radius 2 is 2.24 bits per heavy atom. The Hall–Kier alpha value is -1.67. The van der Waals surface area contributed by atoms with Crippen LogP contribution in [0, 0.1) is 0 Å². The molecule has 6 nitrogen and oxygen atoms in total. The second kappa shape index (κ2) is 8.14. The highest BCUT2D eigenvalue weighted by atomic mass is 32.2. The average molecular weight is 379 g/mol. The molecule has 0 radical (unpaired) electrons. The smallest absolute Gasteiger partial charge is 0.311 e. The number of nitrogens with one attached hydrogen (secondary N) is 1. The van der Waals surface area contributed by atoms with Crippen LogP contribution in [0.2, 0.25) is 0 Å². The predicted molar refractivity (Wildman–Crippen MR) is 103 cm³/mol. The third-order valence-corrected chi connectivity index (χ3v) is 6.24. The van der Waals surface area contributed by atoms with Gasteiger partial charge in [0.25, 0.3) is 0 Å². The van der Waals surface area contributed by atoms with E-state index in [-0.39, 0.29) is 17.3 Å². The van der Waals surface area contributed by atoms with Gasteiger partial charge in [0.05, 0.1) is 11.4 Å². The highest BCUT2D eigenvalue weighted by Crippen LogP contribution is 2.37. The summed E-state index contributed by atoms with van der Waals surface area (Å²) in [6, 6.07) is 8.05. The minimum atomic E-state index is -0.220. The van der Waals surface area contributed by atoms with E-state index >= 15 is 0 Å². The number of hydrogen-bond acceptors (Lipinski definition) is 5. The Labute approximate surface area is 155 Å². The molecule has 2 heterocycles. The van der Waals surface area contributed by atoms with Crippen LogP contribution in [0.15, 0.2) is 39.1 Å². The summed E-state index contributed by atoms with van der Waals surface area (Å²) in [5.41, 5.74) is 0.762. The average Bonchev–Trinajstić information content (AvgIpc) is 2.85. The van der Waals surface area contributed by atoms with Crippen molar-refractivity contribution >= 4 is 35.1 Å². The summed E-state index contributed by atoms with van der Waals surface area (Å²) in [5.74, 6) is 0.312. The number of amides is 1. The molecule has 2 aromatic rings. The summed E-state index contributed by atoms with van der Waals surface area (Å²) in [5, 5.41) is 7.56. The molecule has 3 rings (SSSR count). The standard InChI is InChI=1S/C17H22N4O2S2/c1-3-9-21-16(23)18-19-17(21)24-11-15(22)20-10-8-12(2)25-14-7-5-4-6-13(14)20/h4-7,12H,3,8-11H2,1-2H3,(H,18,23)/t12-/m1/s1. The molecule has 1 aromatic heterocycles. The zero-order chi connectivity index (χ0) is 17.8. The third-order valence-electron chi connectivity index (χ3n) is 4.04. The lowest BCUT2D eigenvalue weighted by Crippen LogP contribution is -2.33. The molecular formula is C17H22N4O2S2. The van der Waals surface area contributed by atoms with Crippen LogP contribution in [-0.2, 0) is 11.3 Å². The quantitative estimate of drug-likeness (QED) is 0.810. The zero-order valence-corrected chi connectivity index (χ0v) is 16.0. The number of rotatable bonds is 5. The summed E-state index contributed by atoms with van der Waals surface area (Å²) >= 11 is 3.13. The topological polar surface area (TPSA) is 71.0 Å². The maximum Gasteiger partial charge on any atom is 0.343 e. The van der Waals surface area contributed by atoms with Gasteiger partial charge < -0.3 is 4.90 Å². The molecular weight excluding hydrogens is 356 g/mol. The fraction of sp³-hybridized carbons (Fsp3) is 0.471. The minimum Gasteiger partial charge on any atom is -0.311 e. The molecule has 0 fully saturated rings. The number of fused-ring (bicyclic) bond motifs is 1. The van der Waals surface area contributed by atoms with Crippen molar-refractivity contribution in [2.45, 2.75) is 48.5 Å². The molecule has 0 aliphatic carbocycles. The molecule has 0 saturated carbocycles. The van der Waals surface area contributed by atoms with Gasteiger partial charge in [-0.15, -0.1) is 16.9 Å². The Kier molecular flexibility index (Phi) is 5.90. The van der Waals surface area contributed by atoms with E-state index in [4.69, 9.17) is 0 Å². The van der Waals surface area contributed by atoms with Gasteiger partial charge in [0.2, 0.25) is 5.91 Å². The lowest BCUT2D eigenvalue weighted by atomic mass is 10.2. The number of aromatic nitrogens is 3. The number of anilines is 1. The highest BCUT2D eigenvalue weighted by molar-refractivity contribution is 8.00. The second-order valence-corrected chi connectivity index (χ2v) is 8.40. The molecule has 0 unspecified atom stereocenters. The second-order valence-electron chi connectivity index (χ2n) is 5.98. The molecule has 0 bridgehead atoms. The van der Waals surface area contributed by atoms with Crippen molar-refractivity contribution in [1.82, 2.24) is 14.8 Å². The van der Waals surface area contributed by atoms with Gasteiger partial charge >= 0.3 is 5.69 Å². The molecule has 25 heavy (non-hydrogen) atoms. The Morgan fingerprint density at radius 3 is 3.04 bits per heavy atom. The number of H-pyrrole nitrogens is 1. The van der Waals surface area contributed by atoms with Crippen molar-refractivity contribution in [1.29, 1.82) is 0 Å². The zero-order valence-electron chi connectivity index (χ0n) is 14.4. The van der Waals surface area contributed by atoms with Crippen LogP contribution >= 0.6 is 23.5 Å². The number of para-hydroxylation sites is 1. The number of carbonyl (C=O) groups is 1. The summed E-state index contributed by atoms with van der Waals surface area (Å²) in [4.78, 5) is 27.6. The van der Waals surface area contributed by atoms with E-state index < -0.39 is 0 Å². The lowest BCUT2D eigenvalue weighted by molar-refractivity contribution is -0.116. The van der Waals surface area contributed by atoms with Crippen molar-refractivity contribution in [3.8, 4) is 0 Å². The van der Waals surface area contributed by atoms with Crippen LogP contribution in [0.5, 0.6) is 0 Å². The minimum absolute atomic E-state index is 0.0469. The van der Waals surface area contributed by atoms with E-state index in [1.165, 1.54) is 11.8 Å². The van der Waals surface area contributed by atoms with Crippen LogP contribution in [0.1, 0.15) is 26.7 Å². The van der Waals surface area contributed by atoms with E-state index in [9.17, 15) is 9.59 Å². The fourth-order valence-corrected chi connectivity index (χ4v) is 4.75. The van der Waals surface area contributed by atoms with Gasteiger partial charge in [0.15, 0.2) is 5.16 Å². The molecule has 0 spiro atoms. The summed E-state index contributed by atoms with van der Waals surface area (Å²) in [6.07, 6.45) is 1.80. The van der Waals surface area contributed by atoms with Crippen molar-refractivity contribution in [3.05, 3.63) is 34.7 Å². The van der Waals surface area contributed by atoms with Gasteiger partial charge in [-0.05, 0) is 25.0 Å². The van der Waals surface area contributed by atoms with Crippen LogP contribution in [0.3, 0.4) is 0 Å². The first-order valence-electron chi connectivity index (χ1n) is 8.44. The van der Waals surface area contributed by atoms with Gasteiger partial charge in [-0.1, -0.05) is 37.7 Å². The maximum atomic E-state index is 12.8. The first kappa shape index (κ1) is 18.1. The Morgan fingerprint density at radius 1 is 1.44 bits per heavy atom. The first-order valence-corrected chi connectivity index (χ1v) is 10.3. The number of benzene rings is 1. The molecule has 1 amide bonds. The molecule has 1 atom stereocenters. The molecule has 1 aromatic carbocycles. The molecule has 1 N–H and O–H groups in total. The normalized spacial score (nSPS) is 17.2. The molecule has 1 aliphatic rings. The van der Waals surface area contributed by atoms with Crippen molar-refractivity contribution in [3.63, 3.8) is 0 Å². The van der Waals surface area contributed by atoms with Crippen molar-refractivity contribution < 1.29 is 4.79 Å². The van der Waals surface area contributed by atoms with Gasteiger partial charge in [-0.2, -0.15) is 0 Å². The number of nitrogens with zero attached hydrogens (tertiary/aromatic N) is 3. The molecule has 8 heteroatoms. The monoisotopic (exact) mass is 378 g/mol. The summed E-state index contributed by atoms with van der Waals surface area (Å²) < 4.78 is 1.59. The Bertz CT molecular complexity index is 802. The van der Waals surface area contributed by atoms with E-state index in [0.717, 1.165) is 23.4 Å². The largest absolute Gasteiger partial charge is 0.343 e. The van der Waals surface area contributed by atoms with Crippen LogP contribution in [0.25, 0.3) is 0 Å². The van der Waals surface area contributed by atoms with Crippen molar-refractivity contribution in [2.75, 3.05) is 17.2 Å². The van der Waals surface area contributed by atoms with Gasteiger partial charge in [0.1, 0.15) is 0 Å². The number of carbonyl (C=O) groups excluding carboxylic acids is 1.